The summed E-state index contributed by atoms with van der Waals surface area (Å²) in [6.07, 6.45) is 2.48. The lowest BCUT2D eigenvalue weighted by atomic mass is 9.84. The van der Waals surface area contributed by atoms with Crippen molar-refractivity contribution in [3.63, 3.8) is 0 Å². The van der Waals surface area contributed by atoms with Crippen molar-refractivity contribution < 1.29 is 62.5 Å². The number of rotatable bonds is 36. The number of alkyl carbamates (subject to hydrolysis) is 1. The largest absolute Gasteiger partial charge is 0.497 e. The van der Waals surface area contributed by atoms with Crippen LogP contribution in [0.15, 0.2) is 200 Å². The van der Waals surface area contributed by atoms with Crippen LogP contribution in [0.2, 0.25) is 0 Å². The highest BCUT2D eigenvalue weighted by molar-refractivity contribution is 8.02. The van der Waals surface area contributed by atoms with Gasteiger partial charge in [0, 0.05) is 58.2 Å². The van der Waals surface area contributed by atoms with Gasteiger partial charge in [0.2, 0.25) is 41.4 Å². The normalized spacial score (nSPS) is 14.9. The van der Waals surface area contributed by atoms with Gasteiger partial charge in [-0.2, -0.15) is 0 Å². The molecule has 8 aromatic rings. The number of H-pyrrole nitrogens is 1. The summed E-state index contributed by atoms with van der Waals surface area (Å²) in [7, 11) is 1.57. The van der Waals surface area contributed by atoms with Crippen molar-refractivity contribution in [2.75, 3.05) is 20.2 Å². The van der Waals surface area contributed by atoms with Gasteiger partial charge >= 0.3 is 12.1 Å². The molecule has 22 nitrogen and oxygen atoms in total. The first-order valence-electron chi connectivity index (χ1n) is 38.1. The fourth-order valence-electron chi connectivity index (χ4n) is 13.7. The number of amides is 8. The van der Waals surface area contributed by atoms with Gasteiger partial charge in [0.05, 0.1) is 18.4 Å². The molecule has 0 radical (unpaired) electrons. The summed E-state index contributed by atoms with van der Waals surface area (Å²) in [4.78, 5) is 138. The zero-order chi connectivity index (χ0) is 81.0. The van der Waals surface area contributed by atoms with Gasteiger partial charge in [0.15, 0.2) is 0 Å². The van der Waals surface area contributed by atoms with Crippen LogP contribution in [0.4, 0.5) is 4.79 Å². The third kappa shape index (κ3) is 23.5. The Balaban J connectivity index is 0.970. The highest BCUT2D eigenvalue weighted by Crippen LogP contribution is 2.54. The number of ether oxygens (including phenoxy) is 3. The second-order valence-electron chi connectivity index (χ2n) is 31.3. The maximum absolute atomic E-state index is 15.6. The average Bonchev–Trinajstić information content (AvgIpc) is 0.768. The number of thioether (sulfide) groups is 2. The molecule has 0 aliphatic carbocycles. The molecular formula is C88H107N9O13S2. The van der Waals surface area contributed by atoms with Crippen LogP contribution in [0.5, 0.6) is 11.5 Å². The smallest absolute Gasteiger partial charge is 0.408 e. The topological polar surface area (TPSA) is 305 Å². The molecule has 0 bridgehead atoms. The highest BCUT2D eigenvalue weighted by atomic mass is 32.2. The Hall–Kier alpha value is -10.6. The molecule has 2 heterocycles. The van der Waals surface area contributed by atoms with Gasteiger partial charge in [-0.25, -0.2) is 9.59 Å². The Morgan fingerprint density at radius 1 is 0.536 bits per heavy atom. The fraction of sp³-hybridized carbons (Fsp3) is 0.398. The van der Waals surface area contributed by atoms with Crippen LogP contribution in [-0.2, 0) is 72.9 Å². The number of likely N-dealkylation sites (tertiary alicyclic amines) is 1. The molecule has 1 fully saturated rings. The number of nitrogens with zero attached hydrogens (tertiary/aromatic N) is 1. The van der Waals surface area contributed by atoms with E-state index in [9.17, 15) is 29.1 Å². The fourth-order valence-corrected chi connectivity index (χ4v) is 16.6. The SMILES string of the molecule is CCCC[C@H](NC(=O)[C@H](Cc1ccccc1)NC(=O)CNC(=O)[C@H](NC(=O)[C@H](Cc1ccc(OC(C)(C)C)cc1)NC(=O)OC(C)(C)C)C(C)(C)SCc1ccc(OC)cc1)C(=O)N1CCC[C@H]1C(=O)N[C@@H](C(=O)N[C@@H](Cc1c[nH]c2ccccc12)C(=O)O)C(C)(C)SC(c1ccccc1)(c1ccccc1)c1ccccc1. The van der Waals surface area contributed by atoms with E-state index in [0.29, 0.717) is 53.2 Å². The molecule has 0 saturated carbocycles. The Morgan fingerprint density at radius 2 is 1.05 bits per heavy atom. The monoisotopic (exact) mass is 1560 g/mol. The minimum absolute atomic E-state index is 0.0201. The van der Waals surface area contributed by atoms with Gasteiger partial charge < -0.3 is 66.4 Å². The highest BCUT2D eigenvalue weighted by Gasteiger charge is 2.50. The number of aliphatic carboxylic acids is 1. The molecule has 0 spiro atoms. The molecule has 112 heavy (non-hydrogen) atoms. The first-order chi connectivity index (χ1) is 53.3. The van der Waals surface area contributed by atoms with Gasteiger partial charge in [-0.3, -0.25) is 33.6 Å². The summed E-state index contributed by atoms with van der Waals surface area (Å²) < 4.78 is 13.6. The van der Waals surface area contributed by atoms with Crippen LogP contribution < -0.4 is 46.7 Å². The van der Waals surface area contributed by atoms with E-state index in [2.05, 4.69) is 42.2 Å². The van der Waals surface area contributed by atoms with Crippen molar-refractivity contribution >= 4 is 87.8 Å². The molecule has 1 aromatic heterocycles. The standard InChI is InChI=1S/C88H107N9O13S2/c1-13-14-39-68(81(104)97-50-29-41-72(97)78(101)96-75(80(103)93-71(82(105)106)53-60-54-89-67-40-28-27-38-66(60)67)87(10,11)112-88(61-32-21-16-22-33-61,62-34-23-17-24-35-62)63-36-25-18-26-37-63)92-76(99)69(51-57-30-19-15-20-31-57)91-73(98)55-90-79(102)74(86(8,9)111-56-59-44-46-64(108-12)47-45-59)95-77(100)70(94-83(107)110-85(5,6)7)52-58-42-48-65(49-43-58)109-84(2,3)4/h15-28,30-38,40,42-49,54,68-72,74-75,89H,13-14,29,39,41,50-53,55-56H2,1-12H3,(H,90,102)(H,91,98)(H,92,99)(H,93,103)(H,94,107)(H,95,100)(H,96,101)(H,105,106)/t68-,69-,70-,71-,72-,74-,75-/m0/s1. The van der Waals surface area contributed by atoms with Crippen LogP contribution in [0.3, 0.4) is 0 Å². The van der Waals surface area contributed by atoms with Gasteiger partial charge in [0.25, 0.3) is 0 Å². The van der Waals surface area contributed by atoms with E-state index in [1.54, 1.807) is 103 Å². The Bertz CT molecular complexity index is 4400. The number of aromatic amines is 1. The van der Waals surface area contributed by atoms with Gasteiger partial charge in [-0.1, -0.05) is 184 Å². The lowest BCUT2D eigenvalue weighted by Gasteiger charge is -2.44. The number of carboxylic acids is 1. The number of carbonyl (C=O) groups excluding carboxylic acids is 8. The van der Waals surface area contributed by atoms with Gasteiger partial charge in [0.1, 0.15) is 65.0 Å². The second kappa shape index (κ2) is 38.6. The quantitative estimate of drug-likeness (QED) is 0.0165. The zero-order valence-electron chi connectivity index (χ0n) is 66.0. The first-order valence-corrected chi connectivity index (χ1v) is 39.9. The zero-order valence-corrected chi connectivity index (χ0v) is 67.6. The van der Waals surface area contributed by atoms with E-state index in [1.165, 1.54) is 28.4 Å². The molecule has 594 valence electrons. The third-order valence-electron chi connectivity index (χ3n) is 19.4. The molecule has 7 atom stereocenters. The maximum atomic E-state index is 15.6. The van der Waals surface area contributed by atoms with Crippen molar-refractivity contribution in [1.82, 2.24) is 47.1 Å². The summed E-state index contributed by atoms with van der Waals surface area (Å²) in [5.74, 6) is -4.67. The summed E-state index contributed by atoms with van der Waals surface area (Å²) in [6.45, 7) is 19.5. The third-order valence-corrected chi connectivity index (χ3v) is 22.6. The number of para-hydroxylation sites is 1. The average molecular weight is 1560 g/mol. The lowest BCUT2D eigenvalue weighted by Crippen LogP contribution is -2.63. The summed E-state index contributed by atoms with van der Waals surface area (Å²) in [5.41, 5.74) is 4.85. The molecule has 1 aliphatic rings. The number of hydrogen-bond acceptors (Lipinski definition) is 14. The van der Waals surface area contributed by atoms with Crippen LogP contribution in [0.25, 0.3) is 10.9 Å². The molecule has 7 aromatic carbocycles. The minimum atomic E-state index is -1.46. The minimum Gasteiger partial charge on any atom is -0.497 e. The van der Waals surface area contributed by atoms with E-state index in [1.807, 2.05) is 181 Å². The van der Waals surface area contributed by atoms with Gasteiger partial charge in [-0.15, -0.1) is 23.5 Å². The second-order valence-corrected chi connectivity index (χ2v) is 34.8. The number of unbranched alkanes of at least 4 members (excludes halogenated alkanes) is 1. The molecule has 9 rings (SSSR count). The van der Waals surface area contributed by atoms with Crippen LogP contribution in [0.1, 0.15) is 147 Å². The van der Waals surface area contributed by atoms with E-state index >= 15 is 19.2 Å². The Morgan fingerprint density at radius 3 is 1.62 bits per heavy atom. The number of fused-ring (bicyclic) bond motifs is 1. The van der Waals surface area contributed by atoms with Crippen molar-refractivity contribution in [2.24, 2.45) is 0 Å². The van der Waals surface area contributed by atoms with Gasteiger partial charge in [-0.05, 0) is 158 Å². The number of carbonyl (C=O) groups is 9. The van der Waals surface area contributed by atoms with Crippen molar-refractivity contribution in [3.05, 3.63) is 239 Å². The van der Waals surface area contributed by atoms with Crippen molar-refractivity contribution in [3.8, 4) is 11.5 Å². The maximum Gasteiger partial charge on any atom is 0.408 e. The number of nitrogens with one attached hydrogen (secondary N) is 8. The number of hydrogen-bond donors (Lipinski definition) is 9. The molecule has 1 saturated heterocycles. The molecule has 8 amide bonds. The predicted molar refractivity (Wildman–Crippen MR) is 440 cm³/mol. The Labute approximate surface area is 665 Å². The summed E-state index contributed by atoms with van der Waals surface area (Å²) in [6, 6.07) is 51.1. The van der Waals surface area contributed by atoms with Crippen molar-refractivity contribution in [2.45, 2.75) is 201 Å². The molecule has 9 N–H and O–H groups in total. The Kier molecular flexibility index (Phi) is 29.4. The number of benzene rings is 7. The predicted octanol–water partition coefficient (Wildman–Crippen LogP) is 12.3. The van der Waals surface area contributed by atoms with E-state index in [-0.39, 0.29) is 38.6 Å². The van der Waals surface area contributed by atoms with E-state index < -0.39 is 128 Å². The van der Waals surface area contributed by atoms with E-state index in [4.69, 9.17) is 14.2 Å². The molecule has 24 heteroatoms. The molecule has 0 unspecified atom stereocenters. The van der Waals surface area contributed by atoms with E-state index in [0.717, 1.165) is 33.2 Å². The lowest BCUT2D eigenvalue weighted by molar-refractivity contribution is -0.144. The van der Waals surface area contributed by atoms with Crippen molar-refractivity contribution in [1.29, 1.82) is 0 Å². The molecule has 1 aliphatic heterocycles. The van der Waals surface area contributed by atoms with Crippen LogP contribution in [0, 0.1) is 0 Å². The summed E-state index contributed by atoms with van der Waals surface area (Å²) >= 11 is 2.79. The molecular weight excluding hydrogens is 1460 g/mol. The van der Waals surface area contributed by atoms with Crippen LogP contribution in [-0.4, -0.2) is 152 Å². The van der Waals surface area contributed by atoms with Crippen LogP contribution >= 0.6 is 23.5 Å². The number of aromatic nitrogens is 1. The first kappa shape index (κ1) is 85.4. The number of carboxylic acid groups (broad SMARTS) is 1. The summed E-state index contributed by atoms with van der Waals surface area (Å²) in [5, 5.41) is 31.8. The number of methoxy groups -OCH3 is 1.